The third-order valence-electron chi connectivity index (χ3n) is 1.59. The van der Waals surface area contributed by atoms with Crippen LogP contribution in [-0.4, -0.2) is 15.5 Å². The molecule has 1 N–H and O–H groups in total. The first kappa shape index (κ1) is 12.0. The third-order valence-corrected chi connectivity index (χ3v) is 3.60. The van der Waals surface area contributed by atoms with Crippen molar-refractivity contribution in [1.29, 1.82) is 0 Å². The Hall–Kier alpha value is -0.100. The Morgan fingerprint density at radius 3 is 2.57 bits per heavy atom. The van der Waals surface area contributed by atoms with Crippen molar-refractivity contribution in [1.82, 2.24) is 4.72 Å². The van der Waals surface area contributed by atoms with Crippen molar-refractivity contribution in [2.24, 2.45) is 0 Å². The minimum atomic E-state index is -3.24. The number of sulfonamides is 1. The SMILES string of the molecule is CNS(=O)(=O)Cc1cc(Cl)cc(Br)c1. The summed E-state index contributed by atoms with van der Waals surface area (Å²) in [6, 6.07) is 5.05. The summed E-state index contributed by atoms with van der Waals surface area (Å²) in [7, 11) is -1.85. The minimum absolute atomic E-state index is 0.0668. The van der Waals surface area contributed by atoms with E-state index in [4.69, 9.17) is 11.6 Å². The summed E-state index contributed by atoms with van der Waals surface area (Å²) in [5.74, 6) is -0.0668. The molecule has 78 valence electrons. The number of benzene rings is 1. The average Bonchev–Trinajstić information content (AvgIpc) is 2.01. The van der Waals surface area contributed by atoms with Crippen LogP contribution in [0.3, 0.4) is 0 Å². The van der Waals surface area contributed by atoms with E-state index in [1.807, 2.05) is 0 Å². The summed E-state index contributed by atoms with van der Waals surface area (Å²) < 4.78 is 25.5. The quantitative estimate of drug-likeness (QED) is 0.929. The van der Waals surface area contributed by atoms with Crippen LogP contribution in [0.4, 0.5) is 0 Å². The molecule has 1 rings (SSSR count). The van der Waals surface area contributed by atoms with E-state index in [1.165, 1.54) is 7.05 Å². The average molecular weight is 299 g/mol. The first-order valence-electron chi connectivity index (χ1n) is 3.79. The molecule has 0 amide bonds. The van der Waals surface area contributed by atoms with E-state index < -0.39 is 10.0 Å². The molecule has 0 aliphatic rings. The first-order chi connectivity index (χ1) is 6.43. The molecule has 0 aliphatic carbocycles. The fourth-order valence-corrected chi connectivity index (χ4v) is 2.67. The molecule has 14 heavy (non-hydrogen) atoms. The van der Waals surface area contributed by atoms with Gasteiger partial charge in [-0.1, -0.05) is 27.5 Å². The molecule has 0 bridgehead atoms. The van der Waals surface area contributed by atoms with Crippen molar-refractivity contribution in [3.63, 3.8) is 0 Å². The van der Waals surface area contributed by atoms with Crippen molar-refractivity contribution in [3.8, 4) is 0 Å². The summed E-state index contributed by atoms with van der Waals surface area (Å²) in [6.07, 6.45) is 0. The fourth-order valence-electron chi connectivity index (χ4n) is 0.986. The van der Waals surface area contributed by atoms with Crippen molar-refractivity contribution >= 4 is 37.6 Å². The summed E-state index contributed by atoms with van der Waals surface area (Å²) in [4.78, 5) is 0. The van der Waals surface area contributed by atoms with E-state index >= 15 is 0 Å². The van der Waals surface area contributed by atoms with Crippen LogP contribution in [0.2, 0.25) is 5.02 Å². The van der Waals surface area contributed by atoms with Crippen LogP contribution in [0.5, 0.6) is 0 Å². The molecule has 0 spiro atoms. The van der Waals surface area contributed by atoms with Gasteiger partial charge in [-0.3, -0.25) is 0 Å². The molecule has 0 atom stereocenters. The lowest BCUT2D eigenvalue weighted by Gasteiger charge is -2.03. The molecule has 0 saturated carbocycles. The standard InChI is InChI=1S/C8H9BrClNO2S/c1-11-14(12,13)5-6-2-7(9)4-8(10)3-6/h2-4,11H,5H2,1H3. The highest BCUT2D eigenvalue weighted by Crippen LogP contribution is 2.20. The fraction of sp³-hybridized carbons (Fsp3) is 0.250. The van der Waals surface area contributed by atoms with Crippen LogP contribution in [0.15, 0.2) is 22.7 Å². The zero-order chi connectivity index (χ0) is 10.8. The Kier molecular flexibility index (Phi) is 3.94. The van der Waals surface area contributed by atoms with Crippen LogP contribution in [-0.2, 0) is 15.8 Å². The van der Waals surface area contributed by atoms with Gasteiger partial charge in [-0.05, 0) is 30.8 Å². The lowest BCUT2D eigenvalue weighted by molar-refractivity contribution is 0.587. The van der Waals surface area contributed by atoms with Crippen LogP contribution >= 0.6 is 27.5 Å². The summed E-state index contributed by atoms with van der Waals surface area (Å²) in [6.45, 7) is 0. The van der Waals surface area contributed by atoms with Crippen molar-refractivity contribution in [2.45, 2.75) is 5.75 Å². The van der Waals surface area contributed by atoms with Gasteiger partial charge in [0.15, 0.2) is 0 Å². The Labute approximate surface area is 96.6 Å². The van der Waals surface area contributed by atoms with E-state index in [1.54, 1.807) is 18.2 Å². The maximum atomic E-state index is 11.2. The van der Waals surface area contributed by atoms with Gasteiger partial charge in [-0.15, -0.1) is 0 Å². The molecule has 3 nitrogen and oxygen atoms in total. The number of halogens is 2. The molecule has 0 aliphatic heterocycles. The molecule has 0 unspecified atom stereocenters. The predicted molar refractivity (Wildman–Crippen MR) is 60.8 cm³/mol. The summed E-state index contributed by atoms with van der Waals surface area (Å²) >= 11 is 9.02. The molecule has 6 heteroatoms. The molecular formula is C8H9BrClNO2S. The molecule has 0 aromatic heterocycles. The van der Waals surface area contributed by atoms with Gasteiger partial charge < -0.3 is 0 Å². The van der Waals surface area contributed by atoms with Gasteiger partial charge in [-0.25, -0.2) is 13.1 Å². The van der Waals surface area contributed by atoms with Crippen LogP contribution < -0.4 is 4.72 Å². The van der Waals surface area contributed by atoms with Gasteiger partial charge >= 0.3 is 0 Å². The normalized spacial score (nSPS) is 11.6. The number of rotatable bonds is 3. The summed E-state index contributed by atoms with van der Waals surface area (Å²) in [5, 5.41) is 0.515. The van der Waals surface area contributed by atoms with Gasteiger partial charge in [0.1, 0.15) is 0 Å². The van der Waals surface area contributed by atoms with Gasteiger partial charge in [0.25, 0.3) is 0 Å². The lowest BCUT2D eigenvalue weighted by Crippen LogP contribution is -2.20. The van der Waals surface area contributed by atoms with Crippen molar-refractivity contribution in [3.05, 3.63) is 33.3 Å². The monoisotopic (exact) mass is 297 g/mol. The van der Waals surface area contributed by atoms with E-state index in [2.05, 4.69) is 20.7 Å². The third kappa shape index (κ3) is 3.57. The Morgan fingerprint density at radius 2 is 2.07 bits per heavy atom. The molecule has 0 radical (unpaired) electrons. The second-order valence-corrected chi connectivity index (χ2v) is 6.02. The van der Waals surface area contributed by atoms with E-state index in [0.717, 1.165) is 4.47 Å². The maximum Gasteiger partial charge on any atom is 0.215 e. The topological polar surface area (TPSA) is 46.2 Å². The summed E-state index contributed by atoms with van der Waals surface area (Å²) in [5.41, 5.74) is 0.652. The van der Waals surface area contributed by atoms with E-state index in [9.17, 15) is 8.42 Å². The largest absolute Gasteiger partial charge is 0.218 e. The second-order valence-electron chi connectivity index (χ2n) is 2.74. The predicted octanol–water partition coefficient (Wildman–Crippen LogP) is 2.15. The smallest absolute Gasteiger partial charge is 0.215 e. The van der Waals surface area contributed by atoms with Crippen LogP contribution in [0.25, 0.3) is 0 Å². The van der Waals surface area contributed by atoms with Crippen molar-refractivity contribution in [2.75, 3.05) is 7.05 Å². The lowest BCUT2D eigenvalue weighted by atomic mass is 10.2. The molecule has 1 aromatic carbocycles. The Bertz CT molecular complexity index is 413. The van der Waals surface area contributed by atoms with Gasteiger partial charge in [0.2, 0.25) is 10.0 Å². The van der Waals surface area contributed by atoms with Crippen LogP contribution in [0, 0.1) is 0 Å². The minimum Gasteiger partial charge on any atom is -0.218 e. The molecular weight excluding hydrogens is 290 g/mol. The molecule has 0 fully saturated rings. The highest BCUT2D eigenvalue weighted by Gasteiger charge is 2.09. The van der Waals surface area contributed by atoms with Gasteiger partial charge in [-0.2, -0.15) is 0 Å². The second kappa shape index (κ2) is 4.61. The van der Waals surface area contributed by atoms with E-state index in [-0.39, 0.29) is 5.75 Å². The zero-order valence-corrected chi connectivity index (χ0v) is 10.6. The van der Waals surface area contributed by atoms with Gasteiger partial charge in [0, 0.05) is 9.50 Å². The molecule has 1 aromatic rings. The number of hydrogen-bond acceptors (Lipinski definition) is 2. The molecule has 0 heterocycles. The first-order valence-corrected chi connectivity index (χ1v) is 6.61. The maximum absolute atomic E-state index is 11.2. The van der Waals surface area contributed by atoms with E-state index in [0.29, 0.717) is 10.6 Å². The zero-order valence-electron chi connectivity index (χ0n) is 7.42. The van der Waals surface area contributed by atoms with Crippen LogP contribution in [0.1, 0.15) is 5.56 Å². The Balaban J connectivity index is 2.98. The van der Waals surface area contributed by atoms with Crippen molar-refractivity contribution < 1.29 is 8.42 Å². The highest BCUT2D eigenvalue weighted by atomic mass is 79.9. The van der Waals surface area contributed by atoms with Gasteiger partial charge in [0.05, 0.1) is 5.75 Å². The Morgan fingerprint density at radius 1 is 1.43 bits per heavy atom. The highest BCUT2D eigenvalue weighted by molar-refractivity contribution is 9.10. The molecule has 0 saturated heterocycles. The number of nitrogens with one attached hydrogen (secondary N) is 1. The number of hydrogen-bond donors (Lipinski definition) is 1.